The molecule has 0 amide bonds. The maximum absolute atomic E-state index is 13.9. The fourth-order valence-corrected chi connectivity index (χ4v) is 5.21. The van der Waals surface area contributed by atoms with Gasteiger partial charge >= 0.3 is 6.18 Å². The molecule has 1 aliphatic heterocycles. The zero-order valence-corrected chi connectivity index (χ0v) is 24.6. The number of piperazine rings is 1. The molecule has 1 fully saturated rings. The van der Waals surface area contributed by atoms with Gasteiger partial charge in [-0.3, -0.25) is 4.31 Å². The van der Waals surface area contributed by atoms with E-state index in [1.165, 1.54) is 14.2 Å². The normalized spacial score (nSPS) is 14.7. The molecule has 0 atom stereocenters. The first-order valence-electron chi connectivity index (χ1n) is 13.1. The molecular weight excluding hydrogens is 557 g/mol. The standard InChI is InChI=1S/C28H35F3N6O3S/c1-19-6-7-20(25(16-19)36(3)41(5,38)39)8-10-23-22(28(29,30)31)18-32-27(33-23)34-24-11-9-21(17-26(24)40-4)37-14-12-35(2)13-15-37/h6-7,9,11,16-18H,8,10,12-15H2,1-5H3,(H,32,33,34). The highest BCUT2D eigenvalue weighted by Crippen LogP contribution is 2.35. The van der Waals surface area contributed by atoms with Crippen molar-refractivity contribution in [1.82, 2.24) is 14.9 Å². The Hall–Kier alpha value is -3.58. The Labute approximate surface area is 239 Å². The summed E-state index contributed by atoms with van der Waals surface area (Å²) in [7, 11) is 1.46. The topological polar surface area (TPSA) is 90.9 Å². The van der Waals surface area contributed by atoms with E-state index in [1.54, 1.807) is 24.3 Å². The molecule has 1 aliphatic rings. The van der Waals surface area contributed by atoms with Gasteiger partial charge in [-0.15, -0.1) is 0 Å². The Bertz CT molecular complexity index is 1490. The van der Waals surface area contributed by atoms with Crippen LogP contribution in [0.3, 0.4) is 0 Å². The highest BCUT2D eigenvalue weighted by Gasteiger charge is 2.35. The van der Waals surface area contributed by atoms with E-state index < -0.39 is 21.8 Å². The summed E-state index contributed by atoms with van der Waals surface area (Å²) in [6.07, 6.45) is -2.75. The lowest BCUT2D eigenvalue weighted by molar-refractivity contribution is -0.138. The summed E-state index contributed by atoms with van der Waals surface area (Å²) in [5, 5.41) is 3.01. The van der Waals surface area contributed by atoms with E-state index >= 15 is 0 Å². The Morgan fingerprint density at radius 3 is 2.41 bits per heavy atom. The Kier molecular flexibility index (Phi) is 8.97. The first kappa shape index (κ1) is 30.4. The lowest BCUT2D eigenvalue weighted by atomic mass is 10.0. The summed E-state index contributed by atoms with van der Waals surface area (Å²) in [6, 6.07) is 10.8. The number of ether oxygens (including phenoxy) is 1. The molecule has 0 saturated carbocycles. The number of anilines is 4. The third-order valence-electron chi connectivity index (χ3n) is 7.18. The minimum Gasteiger partial charge on any atom is -0.494 e. The maximum Gasteiger partial charge on any atom is 0.419 e. The molecule has 9 nitrogen and oxygen atoms in total. The molecule has 0 radical (unpaired) electrons. The van der Waals surface area contributed by atoms with Gasteiger partial charge in [-0.25, -0.2) is 18.4 Å². The van der Waals surface area contributed by atoms with Crippen LogP contribution in [-0.2, 0) is 29.0 Å². The first-order valence-corrected chi connectivity index (χ1v) is 15.0. The van der Waals surface area contributed by atoms with Gasteiger partial charge in [-0.1, -0.05) is 12.1 Å². The predicted octanol–water partition coefficient (Wildman–Crippen LogP) is 4.49. The molecule has 13 heteroatoms. The first-order chi connectivity index (χ1) is 19.3. The van der Waals surface area contributed by atoms with Gasteiger partial charge in [0.25, 0.3) is 0 Å². The maximum atomic E-state index is 13.9. The molecule has 41 heavy (non-hydrogen) atoms. The summed E-state index contributed by atoms with van der Waals surface area (Å²) in [4.78, 5) is 12.7. The van der Waals surface area contributed by atoms with E-state index in [0.29, 0.717) is 22.7 Å². The van der Waals surface area contributed by atoms with Crippen LogP contribution in [-0.4, -0.2) is 76.9 Å². The van der Waals surface area contributed by atoms with Crippen LogP contribution >= 0.6 is 0 Å². The fraction of sp³-hybridized carbons (Fsp3) is 0.429. The zero-order chi connectivity index (χ0) is 29.9. The van der Waals surface area contributed by atoms with Crippen molar-refractivity contribution in [2.75, 3.05) is 68.2 Å². The van der Waals surface area contributed by atoms with Crippen molar-refractivity contribution in [3.8, 4) is 5.75 Å². The van der Waals surface area contributed by atoms with Crippen LogP contribution in [0, 0.1) is 6.92 Å². The number of hydrogen-bond acceptors (Lipinski definition) is 8. The average molecular weight is 593 g/mol. The molecule has 1 N–H and O–H groups in total. The van der Waals surface area contributed by atoms with Crippen molar-refractivity contribution in [3.63, 3.8) is 0 Å². The van der Waals surface area contributed by atoms with Gasteiger partial charge in [-0.2, -0.15) is 13.2 Å². The highest BCUT2D eigenvalue weighted by molar-refractivity contribution is 7.92. The third-order valence-corrected chi connectivity index (χ3v) is 8.37. The lowest BCUT2D eigenvalue weighted by Crippen LogP contribution is -2.44. The molecule has 4 rings (SSSR count). The Morgan fingerprint density at radius 2 is 1.78 bits per heavy atom. The van der Waals surface area contributed by atoms with Crippen LogP contribution in [0.5, 0.6) is 5.75 Å². The number of halogens is 3. The van der Waals surface area contributed by atoms with Crippen molar-refractivity contribution in [2.45, 2.75) is 25.9 Å². The summed E-state index contributed by atoms with van der Waals surface area (Å²) < 4.78 is 72.8. The largest absolute Gasteiger partial charge is 0.494 e. The minimum absolute atomic E-state index is 0.00368. The molecule has 0 spiro atoms. The number of alkyl halides is 3. The predicted molar refractivity (Wildman–Crippen MR) is 155 cm³/mol. The molecule has 1 aromatic heterocycles. The van der Waals surface area contributed by atoms with Crippen LogP contribution in [0.15, 0.2) is 42.6 Å². The monoisotopic (exact) mass is 592 g/mol. The Balaban J connectivity index is 1.60. The van der Waals surface area contributed by atoms with Gasteiger partial charge in [-0.05, 0) is 56.1 Å². The van der Waals surface area contributed by atoms with Crippen molar-refractivity contribution in [1.29, 1.82) is 0 Å². The summed E-state index contributed by atoms with van der Waals surface area (Å²) in [6.45, 7) is 5.46. The molecule has 0 unspecified atom stereocenters. The number of nitrogens with one attached hydrogen (secondary N) is 1. The fourth-order valence-electron chi connectivity index (χ4n) is 4.68. The number of hydrogen-bond donors (Lipinski definition) is 1. The average Bonchev–Trinajstić information content (AvgIpc) is 2.91. The van der Waals surface area contributed by atoms with Gasteiger partial charge in [0.1, 0.15) is 5.75 Å². The molecule has 2 heterocycles. The SMILES string of the molecule is COc1cc(N2CCN(C)CC2)ccc1Nc1ncc(C(F)(F)F)c(CCc2ccc(C)cc2N(C)S(C)(=O)=O)n1. The minimum atomic E-state index is -4.66. The van der Waals surface area contributed by atoms with E-state index in [4.69, 9.17) is 4.74 Å². The third kappa shape index (κ3) is 7.39. The molecule has 1 saturated heterocycles. The van der Waals surface area contributed by atoms with Gasteiger partial charge in [0, 0.05) is 51.2 Å². The van der Waals surface area contributed by atoms with Crippen LogP contribution in [0.1, 0.15) is 22.4 Å². The lowest BCUT2D eigenvalue weighted by Gasteiger charge is -2.34. The van der Waals surface area contributed by atoms with Gasteiger partial charge in [0.05, 0.1) is 36.0 Å². The van der Waals surface area contributed by atoms with Crippen LogP contribution in [0.25, 0.3) is 0 Å². The van der Waals surface area contributed by atoms with Crippen LogP contribution in [0.2, 0.25) is 0 Å². The number of methoxy groups -OCH3 is 1. The number of benzene rings is 2. The molecule has 3 aromatic rings. The summed E-state index contributed by atoms with van der Waals surface area (Å²) in [5.74, 6) is 0.510. The second kappa shape index (κ2) is 12.1. The molecule has 0 aliphatic carbocycles. The van der Waals surface area contributed by atoms with E-state index in [9.17, 15) is 21.6 Å². The van der Waals surface area contributed by atoms with Gasteiger partial charge in [0.2, 0.25) is 16.0 Å². The summed E-state index contributed by atoms with van der Waals surface area (Å²) >= 11 is 0. The zero-order valence-electron chi connectivity index (χ0n) is 23.8. The van der Waals surface area contributed by atoms with Gasteiger partial charge in [0.15, 0.2) is 0 Å². The van der Waals surface area contributed by atoms with Crippen molar-refractivity contribution < 1.29 is 26.3 Å². The van der Waals surface area contributed by atoms with E-state index in [0.717, 1.165) is 54.2 Å². The number of aryl methyl sites for hydroxylation is 3. The number of nitrogens with zero attached hydrogens (tertiary/aromatic N) is 5. The van der Waals surface area contributed by atoms with E-state index in [1.807, 2.05) is 19.1 Å². The van der Waals surface area contributed by atoms with Crippen LogP contribution < -0.4 is 19.3 Å². The number of aromatic nitrogens is 2. The molecule has 222 valence electrons. The van der Waals surface area contributed by atoms with Crippen molar-refractivity contribution in [3.05, 3.63) is 65.0 Å². The molecule has 0 bridgehead atoms. The molecular formula is C28H35F3N6O3S. The van der Waals surface area contributed by atoms with E-state index in [-0.39, 0.29) is 24.5 Å². The van der Waals surface area contributed by atoms with Crippen molar-refractivity contribution >= 4 is 33.0 Å². The second-order valence-corrected chi connectivity index (χ2v) is 12.2. The van der Waals surface area contributed by atoms with Crippen molar-refractivity contribution in [2.24, 2.45) is 0 Å². The number of sulfonamides is 1. The number of rotatable bonds is 9. The number of likely N-dealkylation sites (N-methyl/N-ethyl adjacent to an activating group) is 1. The quantitative estimate of drug-likeness (QED) is 0.389. The second-order valence-electron chi connectivity index (χ2n) is 10.2. The van der Waals surface area contributed by atoms with Crippen LogP contribution in [0.4, 0.5) is 36.2 Å². The smallest absolute Gasteiger partial charge is 0.419 e. The summed E-state index contributed by atoms with van der Waals surface area (Å²) in [5.41, 5.74) is 2.21. The van der Waals surface area contributed by atoms with E-state index in [2.05, 4.69) is 32.1 Å². The highest BCUT2D eigenvalue weighted by atomic mass is 32.2. The molecule has 2 aromatic carbocycles. The van der Waals surface area contributed by atoms with Gasteiger partial charge < -0.3 is 19.9 Å². The Morgan fingerprint density at radius 1 is 1.07 bits per heavy atom.